The molecule has 8 nitrogen and oxygen atoms in total. The molecule has 0 amide bonds. The maximum absolute atomic E-state index is 5.84. The molecular weight excluding hydrogens is 324 g/mol. The van der Waals surface area contributed by atoms with E-state index in [0.29, 0.717) is 23.7 Å². The molecule has 2 aliphatic carbocycles. The molecule has 0 saturated heterocycles. The third-order valence-corrected chi connectivity index (χ3v) is 5.30. The van der Waals surface area contributed by atoms with Crippen LogP contribution in [0.15, 0.2) is 5.16 Å². The lowest BCUT2D eigenvalue weighted by molar-refractivity contribution is 0.625. The Hall–Kier alpha value is -1.90. The van der Waals surface area contributed by atoms with Crippen molar-refractivity contribution in [2.24, 2.45) is 0 Å². The zero-order chi connectivity index (χ0) is 16.8. The van der Waals surface area contributed by atoms with Gasteiger partial charge in [-0.15, -0.1) is 10.2 Å². The number of rotatable bonds is 6. The smallest absolute Gasteiger partial charge is 0.229 e. The van der Waals surface area contributed by atoms with Crippen molar-refractivity contribution in [3.05, 3.63) is 11.6 Å². The van der Waals surface area contributed by atoms with Gasteiger partial charge in [0.1, 0.15) is 11.6 Å². The Morgan fingerprint density at radius 1 is 1.12 bits per heavy atom. The lowest BCUT2D eigenvalue weighted by Crippen LogP contribution is -2.16. The van der Waals surface area contributed by atoms with Crippen molar-refractivity contribution in [1.82, 2.24) is 29.7 Å². The number of nitrogens with two attached hydrogens (primary N) is 1. The Morgan fingerprint density at radius 2 is 1.88 bits per heavy atom. The van der Waals surface area contributed by atoms with Gasteiger partial charge in [-0.05, 0) is 32.6 Å². The third kappa shape index (κ3) is 3.04. The number of thioether (sulfide) groups is 1. The van der Waals surface area contributed by atoms with E-state index in [0.717, 1.165) is 11.0 Å². The van der Waals surface area contributed by atoms with E-state index in [2.05, 4.69) is 36.6 Å². The van der Waals surface area contributed by atoms with Crippen LogP contribution in [0.3, 0.4) is 0 Å². The van der Waals surface area contributed by atoms with Gasteiger partial charge in [-0.3, -0.25) is 0 Å². The van der Waals surface area contributed by atoms with Crippen molar-refractivity contribution in [1.29, 1.82) is 0 Å². The first-order valence-electron chi connectivity index (χ1n) is 8.33. The number of anilines is 2. The van der Waals surface area contributed by atoms with Crippen LogP contribution in [0.5, 0.6) is 0 Å². The fourth-order valence-electron chi connectivity index (χ4n) is 2.65. The summed E-state index contributed by atoms with van der Waals surface area (Å²) in [4.78, 5) is 14.8. The molecule has 1 atom stereocenters. The van der Waals surface area contributed by atoms with Crippen molar-refractivity contribution in [3.8, 4) is 0 Å². The first-order chi connectivity index (χ1) is 11.5. The van der Waals surface area contributed by atoms with Crippen molar-refractivity contribution >= 4 is 23.7 Å². The van der Waals surface area contributed by atoms with E-state index in [1.54, 1.807) is 11.8 Å². The molecule has 2 saturated carbocycles. The van der Waals surface area contributed by atoms with E-state index < -0.39 is 0 Å². The fourth-order valence-corrected chi connectivity index (χ4v) is 3.63. The Bertz CT molecular complexity index is 750. The highest BCUT2D eigenvalue weighted by Gasteiger charge is 2.36. The Labute approximate surface area is 145 Å². The average Bonchev–Trinajstić information content (AvgIpc) is 3.46. The van der Waals surface area contributed by atoms with Crippen LogP contribution in [0, 0.1) is 0 Å². The summed E-state index contributed by atoms with van der Waals surface area (Å²) in [5.41, 5.74) is 5.84. The van der Waals surface area contributed by atoms with Gasteiger partial charge in [-0.2, -0.15) is 15.0 Å². The van der Waals surface area contributed by atoms with Gasteiger partial charge < -0.3 is 15.2 Å². The minimum atomic E-state index is 0.0303. The Kier molecular flexibility index (Phi) is 3.82. The molecule has 24 heavy (non-hydrogen) atoms. The molecule has 0 spiro atoms. The summed E-state index contributed by atoms with van der Waals surface area (Å²) in [6, 6.07) is 0.575. The van der Waals surface area contributed by atoms with E-state index in [1.165, 1.54) is 25.7 Å². The zero-order valence-corrected chi connectivity index (χ0v) is 15.0. The molecule has 128 valence electrons. The Morgan fingerprint density at radius 3 is 2.50 bits per heavy atom. The van der Waals surface area contributed by atoms with E-state index in [9.17, 15) is 0 Å². The highest BCUT2D eigenvalue weighted by atomic mass is 32.2. The number of nitrogen functional groups attached to an aromatic ring is 1. The number of aromatic nitrogens is 6. The highest BCUT2D eigenvalue weighted by molar-refractivity contribution is 7.99. The van der Waals surface area contributed by atoms with Crippen LogP contribution in [-0.2, 0) is 0 Å². The maximum atomic E-state index is 5.84. The van der Waals surface area contributed by atoms with Crippen molar-refractivity contribution < 1.29 is 0 Å². The second-order valence-corrected chi connectivity index (χ2v) is 8.03. The summed E-state index contributed by atoms with van der Waals surface area (Å²) in [7, 11) is 3.78. The number of hydrogen-bond donors (Lipinski definition) is 1. The summed E-state index contributed by atoms with van der Waals surface area (Å²) in [5.74, 6) is 3.27. The van der Waals surface area contributed by atoms with E-state index in [4.69, 9.17) is 5.73 Å². The molecule has 0 aliphatic heterocycles. The molecule has 4 rings (SSSR count). The minimum Gasteiger partial charge on any atom is -0.368 e. The van der Waals surface area contributed by atoms with Gasteiger partial charge in [-0.25, -0.2) is 0 Å². The first-order valence-corrected chi connectivity index (χ1v) is 9.21. The minimum absolute atomic E-state index is 0.0303. The lowest BCUT2D eigenvalue weighted by Gasteiger charge is -2.15. The number of nitrogens with zero attached hydrogens (tertiary/aromatic N) is 7. The molecule has 0 bridgehead atoms. The second kappa shape index (κ2) is 5.87. The summed E-state index contributed by atoms with van der Waals surface area (Å²) in [6.07, 6.45) is 4.93. The molecule has 2 aliphatic rings. The zero-order valence-electron chi connectivity index (χ0n) is 14.2. The average molecular weight is 346 g/mol. The summed E-state index contributed by atoms with van der Waals surface area (Å²) in [5, 5.41) is 9.90. The highest BCUT2D eigenvalue weighted by Crippen LogP contribution is 2.47. The van der Waals surface area contributed by atoms with Gasteiger partial charge in [0.05, 0.1) is 5.25 Å². The molecule has 2 fully saturated rings. The maximum Gasteiger partial charge on any atom is 0.229 e. The van der Waals surface area contributed by atoms with Gasteiger partial charge in [-0.1, -0.05) is 11.8 Å². The summed E-state index contributed by atoms with van der Waals surface area (Å²) >= 11 is 1.65. The van der Waals surface area contributed by atoms with Crippen LogP contribution in [0.4, 0.5) is 11.9 Å². The Balaban J connectivity index is 1.59. The van der Waals surface area contributed by atoms with Gasteiger partial charge in [0.25, 0.3) is 0 Å². The molecule has 9 heteroatoms. The van der Waals surface area contributed by atoms with Crippen LogP contribution in [0.25, 0.3) is 0 Å². The monoisotopic (exact) mass is 346 g/mol. The predicted octanol–water partition coefficient (Wildman–Crippen LogP) is 2.18. The van der Waals surface area contributed by atoms with Crippen LogP contribution in [-0.4, -0.2) is 43.8 Å². The molecule has 2 heterocycles. The summed E-state index contributed by atoms with van der Waals surface area (Å²) in [6.45, 7) is 2.07. The molecule has 2 aromatic heterocycles. The quantitative estimate of drug-likeness (QED) is 0.795. The van der Waals surface area contributed by atoms with Crippen LogP contribution >= 0.6 is 11.8 Å². The lowest BCUT2D eigenvalue weighted by atomic mass is 10.4. The predicted molar refractivity (Wildman–Crippen MR) is 93.1 cm³/mol. The van der Waals surface area contributed by atoms with E-state index in [1.807, 2.05) is 19.0 Å². The van der Waals surface area contributed by atoms with Gasteiger partial charge in [0, 0.05) is 26.1 Å². The molecule has 1 unspecified atom stereocenters. The molecule has 0 aromatic carbocycles. The first kappa shape index (κ1) is 15.6. The molecular formula is C15H22N8S. The largest absolute Gasteiger partial charge is 0.368 e. The van der Waals surface area contributed by atoms with Gasteiger partial charge >= 0.3 is 0 Å². The van der Waals surface area contributed by atoms with Gasteiger partial charge in [0.15, 0.2) is 5.16 Å². The van der Waals surface area contributed by atoms with E-state index in [-0.39, 0.29) is 11.2 Å². The van der Waals surface area contributed by atoms with Crippen LogP contribution in [0.2, 0.25) is 0 Å². The SMILES string of the molecule is CC(Sc1nnc(C2CC2)n1C1CC1)c1nc(N)nc(N(C)C)n1. The van der Waals surface area contributed by atoms with Gasteiger partial charge in [0.2, 0.25) is 11.9 Å². The normalized spacial score (nSPS) is 18.6. The number of hydrogen-bond acceptors (Lipinski definition) is 8. The third-order valence-electron chi connectivity index (χ3n) is 4.25. The summed E-state index contributed by atoms with van der Waals surface area (Å²) < 4.78 is 2.34. The van der Waals surface area contributed by atoms with Crippen molar-refractivity contribution in [2.45, 2.75) is 55.0 Å². The fraction of sp³-hybridized carbons (Fsp3) is 0.667. The van der Waals surface area contributed by atoms with Crippen LogP contribution < -0.4 is 10.6 Å². The molecule has 0 radical (unpaired) electrons. The van der Waals surface area contributed by atoms with Crippen molar-refractivity contribution in [2.75, 3.05) is 24.7 Å². The molecule has 2 aromatic rings. The van der Waals surface area contributed by atoms with Crippen molar-refractivity contribution in [3.63, 3.8) is 0 Å². The topological polar surface area (TPSA) is 98.6 Å². The molecule has 2 N–H and O–H groups in total. The van der Waals surface area contributed by atoms with E-state index >= 15 is 0 Å². The second-order valence-electron chi connectivity index (χ2n) is 6.72. The van der Waals surface area contributed by atoms with Crippen LogP contribution in [0.1, 0.15) is 61.5 Å². The standard InChI is InChI=1S/C15H22N8S/c1-8(11-17-13(16)19-14(18-11)22(2)3)24-15-21-20-12(9-4-5-9)23(15)10-6-7-10/h8-10H,4-7H2,1-3H3,(H2,16,17,18,19).